The predicted octanol–water partition coefficient (Wildman–Crippen LogP) is 4.16. The summed E-state index contributed by atoms with van der Waals surface area (Å²) < 4.78 is 8.97. The molecule has 2 atom stereocenters. The first kappa shape index (κ1) is 21.1. The standard InChI is InChI=1S/C18H26N4O4S/c1-6-26-14(24)8-7-13-19-17(27-22-13)21-20-15-12(23)9-11(18(3,4)5)10(2)16(15)25/h10-11,23H,6-9H2,1-5H3. The fourth-order valence-corrected chi connectivity index (χ4v) is 3.65. The molecule has 0 bridgehead atoms. The molecule has 27 heavy (non-hydrogen) atoms. The van der Waals surface area contributed by atoms with Crippen molar-refractivity contribution >= 4 is 28.4 Å². The Morgan fingerprint density at radius 1 is 1.37 bits per heavy atom. The van der Waals surface area contributed by atoms with Gasteiger partial charge < -0.3 is 9.84 Å². The highest BCUT2D eigenvalue weighted by atomic mass is 32.1. The van der Waals surface area contributed by atoms with Gasteiger partial charge in [0, 0.05) is 30.3 Å². The monoisotopic (exact) mass is 394 g/mol. The lowest BCUT2D eigenvalue weighted by Crippen LogP contribution is -2.36. The third-order valence-corrected chi connectivity index (χ3v) is 5.24. The number of azo groups is 1. The minimum atomic E-state index is -0.305. The average molecular weight is 394 g/mol. The van der Waals surface area contributed by atoms with Crippen LogP contribution in [0.2, 0.25) is 0 Å². The fraction of sp³-hybridized carbons (Fsp3) is 0.667. The molecule has 1 aliphatic rings. The van der Waals surface area contributed by atoms with Crippen LogP contribution >= 0.6 is 11.5 Å². The maximum atomic E-state index is 12.6. The number of aliphatic hydroxyl groups excluding tert-OH is 1. The largest absolute Gasteiger partial charge is 0.510 e. The molecule has 1 aromatic rings. The third kappa shape index (κ3) is 5.41. The molecule has 1 heterocycles. The summed E-state index contributed by atoms with van der Waals surface area (Å²) >= 11 is 1.02. The number of esters is 1. The number of carbonyl (C=O) groups is 2. The van der Waals surface area contributed by atoms with Gasteiger partial charge in [-0.25, -0.2) is 4.98 Å². The first-order valence-corrected chi connectivity index (χ1v) is 9.77. The highest BCUT2D eigenvalue weighted by Crippen LogP contribution is 2.42. The molecule has 148 valence electrons. The van der Waals surface area contributed by atoms with Crippen molar-refractivity contribution in [3.8, 4) is 0 Å². The lowest BCUT2D eigenvalue weighted by atomic mass is 9.67. The molecule has 0 fully saturated rings. The summed E-state index contributed by atoms with van der Waals surface area (Å²) in [5.41, 5.74) is -0.107. The van der Waals surface area contributed by atoms with Crippen LogP contribution < -0.4 is 0 Å². The lowest BCUT2D eigenvalue weighted by Gasteiger charge is -2.37. The molecule has 0 aromatic carbocycles. The Morgan fingerprint density at radius 3 is 2.70 bits per heavy atom. The Balaban J connectivity index is 2.07. The van der Waals surface area contributed by atoms with E-state index in [0.717, 1.165) is 11.5 Å². The second-order valence-electron chi connectivity index (χ2n) is 7.62. The summed E-state index contributed by atoms with van der Waals surface area (Å²) in [5.74, 6) is -0.287. The van der Waals surface area contributed by atoms with Gasteiger partial charge in [-0.1, -0.05) is 27.7 Å². The molecule has 1 aliphatic carbocycles. The first-order valence-electron chi connectivity index (χ1n) is 8.99. The summed E-state index contributed by atoms with van der Waals surface area (Å²) in [5, 5.41) is 18.5. The van der Waals surface area contributed by atoms with E-state index in [9.17, 15) is 14.7 Å². The van der Waals surface area contributed by atoms with Gasteiger partial charge in [0.05, 0.1) is 13.0 Å². The molecule has 9 heteroatoms. The number of rotatable bonds is 6. The van der Waals surface area contributed by atoms with Crippen molar-refractivity contribution in [1.82, 2.24) is 9.36 Å². The van der Waals surface area contributed by atoms with Crippen LogP contribution in [0.5, 0.6) is 0 Å². The van der Waals surface area contributed by atoms with Crippen molar-refractivity contribution in [2.24, 2.45) is 27.5 Å². The number of carbonyl (C=O) groups excluding carboxylic acids is 2. The second-order valence-corrected chi connectivity index (χ2v) is 8.35. The molecule has 0 radical (unpaired) electrons. The van der Waals surface area contributed by atoms with Crippen LogP contribution in [0.25, 0.3) is 0 Å². The van der Waals surface area contributed by atoms with Crippen LogP contribution in [0.1, 0.15) is 53.3 Å². The predicted molar refractivity (Wildman–Crippen MR) is 101 cm³/mol. The highest BCUT2D eigenvalue weighted by Gasteiger charge is 2.40. The summed E-state index contributed by atoms with van der Waals surface area (Å²) in [6.07, 6.45) is 0.936. The molecule has 0 spiro atoms. The van der Waals surface area contributed by atoms with E-state index < -0.39 is 0 Å². The van der Waals surface area contributed by atoms with Gasteiger partial charge in [0.25, 0.3) is 0 Å². The highest BCUT2D eigenvalue weighted by molar-refractivity contribution is 7.09. The Kier molecular flexibility index (Phi) is 6.80. The average Bonchev–Trinajstić information content (AvgIpc) is 3.03. The lowest BCUT2D eigenvalue weighted by molar-refractivity contribution is -0.143. The van der Waals surface area contributed by atoms with Gasteiger partial charge in [-0.2, -0.15) is 4.37 Å². The van der Waals surface area contributed by atoms with Crippen LogP contribution in [-0.4, -0.2) is 32.8 Å². The first-order chi connectivity index (χ1) is 12.6. The van der Waals surface area contributed by atoms with E-state index in [1.165, 1.54) is 0 Å². The Hall–Kier alpha value is -2.16. The minimum absolute atomic E-state index is 0.00808. The maximum absolute atomic E-state index is 12.6. The molecular weight excluding hydrogens is 368 g/mol. The molecule has 0 aliphatic heterocycles. The Labute approximate surface area is 162 Å². The zero-order valence-electron chi connectivity index (χ0n) is 16.4. The molecule has 2 unspecified atom stereocenters. The topological polar surface area (TPSA) is 114 Å². The van der Waals surface area contributed by atoms with Gasteiger partial charge in [-0.3, -0.25) is 9.59 Å². The van der Waals surface area contributed by atoms with E-state index in [2.05, 4.69) is 40.4 Å². The van der Waals surface area contributed by atoms with E-state index >= 15 is 0 Å². The summed E-state index contributed by atoms with van der Waals surface area (Å²) in [6.45, 7) is 10.1. The number of aliphatic hydroxyl groups is 1. The summed E-state index contributed by atoms with van der Waals surface area (Å²) in [4.78, 5) is 28.1. The molecule has 1 aromatic heterocycles. The SMILES string of the molecule is CCOC(=O)CCc1nsc(N=NC2=C(O)CC(C(C)(C)C)C(C)C2=O)n1. The Bertz CT molecular complexity index is 764. The van der Waals surface area contributed by atoms with Gasteiger partial charge in [0.1, 0.15) is 11.6 Å². The molecular formula is C18H26N4O4S. The molecule has 1 N–H and O–H groups in total. The van der Waals surface area contributed by atoms with Crippen LogP contribution in [0, 0.1) is 17.3 Å². The fourth-order valence-electron chi connectivity index (χ4n) is 3.11. The van der Waals surface area contributed by atoms with Crippen LogP contribution in [0.15, 0.2) is 21.7 Å². The molecule has 0 amide bonds. The number of hydrogen-bond donors (Lipinski definition) is 1. The van der Waals surface area contributed by atoms with Crippen molar-refractivity contribution in [1.29, 1.82) is 0 Å². The van der Waals surface area contributed by atoms with Crippen molar-refractivity contribution in [2.75, 3.05) is 6.61 Å². The minimum Gasteiger partial charge on any atom is -0.510 e. The van der Waals surface area contributed by atoms with Gasteiger partial charge in [0.2, 0.25) is 5.13 Å². The van der Waals surface area contributed by atoms with E-state index in [4.69, 9.17) is 4.74 Å². The number of hydrogen-bond acceptors (Lipinski definition) is 9. The van der Waals surface area contributed by atoms with Crippen LogP contribution in [-0.2, 0) is 20.7 Å². The normalized spacial score (nSPS) is 21.1. The summed E-state index contributed by atoms with van der Waals surface area (Å²) in [6, 6.07) is 0. The van der Waals surface area contributed by atoms with Crippen LogP contribution in [0.4, 0.5) is 5.13 Å². The summed E-state index contributed by atoms with van der Waals surface area (Å²) in [7, 11) is 0. The third-order valence-electron chi connectivity index (χ3n) is 4.60. The van der Waals surface area contributed by atoms with Crippen molar-refractivity contribution < 1.29 is 19.4 Å². The molecule has 0 saturated heterocycles. The number of aromatic nitrogens is 2. The maximum Gasteiger partial charge on any atom is 0.306 e. The van der Waals surface area contributed by atoms with Crippen molar-refractivity contribution in [2.45, 2.75) is 53.9 Å². The zero-order valence-corrected chi connectivity index (χ0v) is 17.2. The van der Waals surface area contributed by atoms with Gasteiger partial charge in [-0.15, -0.1) is 10.2 Å². The number of nitrogens with zero attached hydrogens (tertiary/aromatic N) is 4. The smallest absolute Gasteiger partial charge is 0.306 e. The van der Waals surface area contributed by atoms with Crippen molar-refractivity contribution in [3.63, 3.8) is 0 Å². The number of allylic oxidation sites excluding steroid dienone is 2. The number of ether oxygens (including phenoxy) is 1. The second kappa shape index (κ2) is 8.69. The van der Waals surface area contributed by atoms with E-state index in [-0.39, 0.29) is 52.0 Å². The molecule has 2 rings (SSSR count). The van der Waals surface area contributed by atoms with E-state index in [1.54, 1.807) is 6.92 Å². The van der Waals surface area contributed by atoms with Gasteiger partial charge in [-0.05, 0) is 18.3 Å². The number of ketones is 1. The molecule has 0 saturated carbocycles. The number of aryl methyl sites for hydroxylation is 1. The Morgan fingerprint density at radius 2 is 2.07 bits per heavy atom. The molecule has 8 nitrogen and oxygen atoms in total. The van der Waals surface area contributed by atoms with Crippen molar-refractivity contribution in [3.05, 3.63) is 17.3 Å². The van der Waals surface area contributed by atoms with Gasteiger partial charge in [0.15, 0.2) is 11.5 Å². The number of Topliss-reactive ketones (excluding diaryl/α,β-unsaturated/α-hetero) is 1. The van der Waals surface area contributed by atoms with E-state index in [1.807, 2.05) is 6.92 Å². The zero-order chi connectivity index (χ0) is 20.2. The van der Waals surface area contributed by atoms with Crippen LogP contribution in [0.3, 0.4) is 0 Å². The van der Waals surface area contributed by atoms with Gasteiger partial charge >= 0.3 is 5.97 Å². The van der Waals surface area contributed by atoms with E-state index in [0.29, 0.717) is 25.3 Å². The quantitative estimate of drug-likeness (QED) is 0.572.